The Morgan fingerprint density at radius 1 is 0.737 bits per heavy atom. The first-order chi connectivity index (χ1) is 9.22. The van der Waals surface area contributed by atoms with E-state index < -0.39 is 5.97 Å². The summed E-state index contributed by atoms with van der Waals surface area (Å²) in [5.74, 6) is -0.670. The number of carboxylic acids is 1. The average Bonchev–Trinajstić information content (AvgIpc) is 2.39. The van der Waals surface area contributed by atoms with Crippen LogP contribution in [0.25, 0.3) is 0 Å². The second-order valence-electron chi connectivity index (χ2n) is 5.79. The van der Waals surface area contributed by atoms with E-state index in [2.05, 4.69) is 13.8 Å². The topological polar surface area (TPSA) is 37.3 Å². The van der Waals surface area contributed by atoms with Gasteiger partial charge in [0, 0.05) is 0 Å². The average molecular weight is 270 g/mol. The lowest BCUT2D eigenvalue weighted by Crippen LogP contribution is -2.13. The molecule has 1 atom stereocenters. The van der Waals surface area contributed by atoms with Crippen LogP contribution >= 0.6 is 0 Å². The highest BCUT2D eigenvalue weighted by Crippen LogP contribution is 2.19. The predicted octanol–water partition coefficient (Wildman–Crippen LogP) is 5.80. The van der Waals surface area contributed by atoms with E-state index in [1.54, 1.807) is 0 Å². The summed E-state index contributed by atoms with van der Waals surface area (Å²) >= 11 is 0. The zero-order valence-electron chi connectivity index (χ0n) is 13.1. The first kappa shape index (κ1) is 18.5. The summed E-state index contributed by atoms with van der Waals surface area (Å²) in [6, 6.07) is 0. The first-order valence-corrected chi connectivity index (χ1v) is 8.45. The van der Waals surface area contributed by atoms with Gasteiger partial charge in [-0.3, -0.25) is 4.79 Å². The molecule has 19 heavy (non-hydrogen) atoms. The fourth-order valence-corrected chi connectivity index (χ4v) is 2.56. The highest BCUT2D eigenvalue weighted by atomic mass is 16.4. The van der Waals surface area contributed by atoms with E-state index in [0.717, 1.165) is 25.7 Å². The third kappa shape index (κ3) is 12.3. The Morgan fingerprint density at radius 3 is 1.47 bits per heavy atom. The summed E-state index contributed by atoms with van der Waals surface area (Å²) in [5, 5.41) is 9.22. The Bertz CT molecular complexity index is 201. The third-order valence-electron chi connectivity index (χ3n) is 3.91. The van der Waals surface area contributed by atoms with Crippen LogP contribution in [-0.4, -0.2) is 11.1 Å². The molecule has 0 radical (unpaired) electrons. The summed E-state index contributed by atoms with van der Waals surface area (Å²) in [6.45, 7) is 4.43. The van der Waals surface area contributed by atoms with Gasteiger partial charge in [-0.05, 0) is 12.8 Å². The number of carbonyl (C=O) groups is 1. The number of aliphatic carboxylic acids is 1. The molecule has 0 aliphatic rings. The van der Waals surface area contributed by atoms with Crippen molar-refractivity contribution in [3.8, 4) is 0 Å². The number of unbranched alkanes of at least 4 members (excludes halogenated alkanes) is 9. The van der Waals surface area contributed by atoms with E-state index in [-0.39, 0.29) is 5.92 Å². The molecule has 2 nitrogen and oxygen atoms in total. The SMILES string of the molecule is CCCCCCCC[C@H](CCCCCCC)C(=O)O. The Labute approximate surface area is 120 Å². The van der Waals surface area contributed by atoms with Crippen LogP contribution in [0.2, 0.25) is 0 Å². The highest BCUT2D eigenvalue weighted by molar-refractivity contribution is 5.69. The standard InChI is InChI=1S/C17H34O2/c1-3-5-7-9-11-13-15-16(17(18)19)14-12-10-8-6-4-2/h16H,3-15H2,1-2H3,(H,18,19)/t16-/m0/s1. The molecule has 0 bridgehead atoms. The van der Waals surface area contributed by atoms with Crippen LogP contribution in [0.5, 0.6) is 0 Å². The molecule has 0 aromatic carbocycles. The van der Waals surface area contributed by atoms with Gasteiger partial charge in [-0.1, -0.05) is 84.5 Å². The minimum Gasteiger partial charge on any atom is -0.481 e. The second kappa shape index (κ2) is 13.9. The second-order valence-corrected chi connectivity index (χ2v) is 5.79. The van der Waals surface area contributed by atoms with Crippen LogP contribution in [0.15, 0.2) is 0 Å². The van der Waals surface area contributed by atoms with Crippen LogP contribution in [-0.2, 0) is 4.79 Å². The van der Waals surface area contributed by atoms with Crippen molar-refractivity contribution in [2.24, 2.45) is 5.92 Å². The van der Waals surface area contributed by atoms with Crippen molar-refractivity contribution >= 4 is 5.97 Å². The molecule has 0 aromatic rings. The predicted molar refractivity (Wildman–Crippen MR) is 82.5 cm³/mol. The molecule has 0 amide bonds. The van der Waals surface area contributed by atoms with Crippen LogP contribution in [0.1, 0.15) is 97.3 Å². The lowest BCUT2D eigenvalue weighted by Gasteiger charge is -2.12. The summed E-state index contributed by atoms with van der Waals surface area (Å²) in [5.41, 5.74) is 0. The number of hydrogen-bond acceptors (Lipinski definition) is 1. The number of rotatable bonds is 14. The van der Waals surface area contributed by atoms with Crippen LogP contribution in [0, 0.1) is 5.92 Å². The molecule has 114 valence electrons. The van der Waals surface area contributed by atoms with Crippen molar-refractivity contribution in [2.75, 3.05) is 0 Å². The van der Waals surface area contributed by atoms with Crippen molar-refractivity contribution in [1.82, 2.24) is 0 Å². The van der Waals surface area contributed by atoms with Gasteiger partial charge in [0.25, 0.3) is 0 Å². The molecule has 1 N–H and O–H groups in total. The molecular formula is C17H34O2. The van der Waals surface area contributed by atoms with Gasteiger partial charge in [-0.15, -0.1) is 0 Å². The van der Waals surface area contributed by atoms with Crippen LogP contribution in [0.4, 0.5) is 0 Å². The highest BCUT2D eigenvalue weighted by Gasteiger charge is 2.15. The molecule has 0 rings (SSSR count). The monoisotopic (exact) mass is 270 g/mol. The molecule has 0 aromatic heterocycles. The lowest BCUT2D eigenvalue weighted by atomic mass is 9.94. The Hall–Kier alpha value is -0.530. The molecule has 0 spiro atoms. The molecule has 0 unspecified atom stereocenters. The molecule has 0 aliphatic carbocycles. The Kier molecular flexibility index (Phi) is 13.5. The van der Waals surface area contributed by atoms with Gasteiger partial charge in [0.2, 0.25) is 0 Å². The van der Waals surface area contributed by atoms with Gasteiger partial charge in [0.05, 0.1) is 5.92 Å². The zero-order valence-corrected chi connectivity index (χ0v) is 13.1. The van der Waals surface area contributed by atoms with Crippen LogP contribution in [0.3, 0.4) is 0 Å². The number of carboxylic acid groups (broad SMARTS) is 1. The molecule has 0 fully saturated rings. The molecule has 0 saturated carbocycles. The van der Waals surface area contributed by atoms with Gasteiger partial charge >= 0.3 is 5.97 Å². The van der Waals surface area contributed by atoms with Crippen LogP contribution < -0.4 is 0 Å². The largest absolute Gasteiger partial charge is 0.481 e. The maximum atomic E-state index is 11.2. The van der Waals surface area contributed by atoms with E-state index in [9.17, 15) is 9.90 Å². The van der Waals surface area contributed by atoms with E-state index >= 15 is 0 Å². The van der Waals surface area contributed by atoms with Gasteiger partial charge in [-0.2, -0.15) is 0 Å². The fourth-order valence-electron chi connectivity index (χ4n) is 2.56. The zero-order chi connectivity index (χ0) is 14.3. The van der Waals surface area contributed by atoms with E-state index in [1.165, 1.54) is 57.8 Å². The summed E-state index contributed by atoms with van der Waals surface area (Å²) < 4.78 is 0. The third-order valence-corrected chi connectivity index (χ3v) is 3.91. The van der Waals surface area contributed by atoms with Crippen molar-refractivity contribution in [3.05, 3.63) is 0 Å². The molecule has 0 aliphatic heterocycles. The normalized spacial score (nSPS) is 12.5. The van der Waals surface area contributed by atoms with Crippen molar-refractivity contribution in [3.63, 3.8) is 0 Å². The van der Waals surface area contributed by atoms with E-state index in [0.29, 0.717) is 0 Å². The molecule has 2 heteroatoms. The van der Waals surface area contributed by atoms with Gasteiger partial charge in [0.15, 0.2) is 0 Å². The quantitative estimate of drug-likeness (QED) is 0.405. The fraction of sp³-hybridized carbons (Fsp3) is 0.941. The summed E-state index contributed by atoms with van der Waals surface area (Å²) in [4.78, 5) is 11.2. The smallest absolute Gasteiger partial charge is 0.306 e. The molecular weight excluding hydrogens is 236 g/mol. The van der Waals surface area contributed by atoms with Crippen molar-refractivity contribution in [1.29, 1.82) is 0 Å². The van der Waals surface area contributed by atoms with Crippen molar-refractivity contribution < 1.29 is 9.90 Å². The Morgan fingerprint density at radius 2 is 1.11 bits per heavy atom. The summed E-state index contributed by atoms with van der Waals surface area (Å²) in [6.07, 6.45) is 15.3. The van der Waals surface area contributed by atoms with E-state index in [1.807, 2.05) is 0 Å². The molecule has 0 heterocycles. The minimum atomic E-state index is -0.580. The van der Waals surface area contributed by atoms with Gasteiger partial charge < -0.3 is 5.11 Å². The maximum absolute atomic E-state index is 11.2. The minimum absolute atomic E-state index is 0.0900. The number of hydrogen-bond donors (Lipinski definition) is 1. The van der Waals surface area contributed by atoms with Gasteiger partial charge in [-0.25, -0.2) is 0 Å². The molecule has 0 saturated heterocycles. The van der Waals surface area contributed by atoms with Gasteiger partial charge in [0.1, 0.15) is 0 Å². The van der Waals surface area contributed by atoms with Crippen molar-refractivity contribution in [2.45, 2.75) is 97.3 Å². The Balaban J connectivity index is 3.54. The lowest BCUT2D eigenvalue weighted by molar-refractivity contribution is -0.142. The first-order valence-electron chi connectivity index (χ1n) is 8.45. The maximum Gasteiger partial charge on any atom is 0.306 e. The summed E-state index contributed by atoms with van der Waals surface area (Å²) in [7, 11) is 0. The van der Waals surface area contributed by atoms with E-state index in [4.69, 9.17) is 0 Å².